The van der Waals surface area contributed by atoms with Crippen molar-refractivity contribution in [3.63, 3.8) is 0 Å². The highest BCUT2D eigenvalue weighted by molar-refractivity contribution is 5.81. The maximum absolute atomic E-state index is 11.9. The Kier molecular flexibility index (Phi) is 35.5. The van der Waals surface area contributed by atoms with Crippen LogP contribution in [0, 0.1) is 0 Å². The quantitative estimate of drug-likeness (QED) is 0.0443. The van der Waals surface area contributed by atoms with Gasteiger partial charge in [0.15, 0.2) is 0 Å². The minimum atomic E-state index is -0.151. The zero-order valence-corrected chi connectivity index (χ0v) is 27.8. The molecule has 238 valence electrons. The molecule has 0 rings (SSSR count). The molecule has 0 saturated heterocycles. The molecular weight excluding hydrogens is 488 g/mol. The molecular formula is C38H74O2. The molecule has 0 aliphatic carbocycles. The summed E-state index contributed by atoms with van der Waals surface area (Å²) in [5.41, 5.74) is 0. The molecule has 0 aromatic carbocycles. The zero-order chi connectivity index (χ0) is 29.0. The van der Waals surface area contributed by atoms with Crippen molar-refractivity contribution < 1.29 is 9.53 Å². The summed E-state index contributed by atoms with van der Waals surface area (Å²) >= 11 is 0. The third-order valence-electron chi connectivity index (χ3n) is 8.47. The van der Waals surface area contributed by atoms with Crippen LogP contribution in [-0.2, 0) is 9.53 Å². The lowest BCUT2D eigenvalue weighted by Gasteiger charge is -2.04. The predicted octanol–water partition coefficient (Wildman–Crippen LogP) is 13.6. The molecule has 2 heteroatoms. The Balaban J connectivity index is 3.21. The number of carbonyl (C=O) groups is 1. The lowest BCUT2D eigenvalue weighted by Crippen LogP contribution is -2.02. The van der Waals surface area contributed by atoms with E-state index in [0.29, 0.717) is 6.61 Å². The number of hydrogen-bond acceptors (Lipinski definition) is 2. The summed E-state index contributed by atoms with van der Waals surface area (Å²) in [4.78, 5) is 11.9. The van der Waals surface area contributed by atoms with Gasteiger partial charge in [0.1, 0.15) is 0 Å². The molecule has 0 aliphatic rings. The molecule has 2 nitrogen and oxygen atoms in total. The Morgan fingerprint density at radius 1 is 0.400 bits per heavy atom. The molecule has 40 heavy (non-hydrogen) atoms. The molecule has 0 bridgehead atoms. The first-order chi connectivity index (χ1) is 19.8. The lowest BCUT2D eigenvalue weighted by atomic mass is 10.0. The number of hydrogen-bond donors (Lipinski definition) is 0. The van der Waals surface area contributed by atoms with Gasteiger partial charge in [0.2, 0.25) is 0 Å². The van der Waals surface area contributed by atoms with E-state index < -0.39 is 0 Å². The van der Waals surface area contributed by atoms with E-state index in [1.165, 1.54) is 193 Å². The van der Waals surface area contributed by atoms with Crippen molar-refractivity contribution in [1.82, 2.24) is 0 Å². The van der Waals surface area contributed by atoms with Gasteiger partial charge in [-0.1, -0.05) is 206 Å². The summed E-state index contributed by atoms with van der Waals surface area (Å²) in [6.07, 6.45) is 47.4. The van der Waals surface area contributed by atoms with Gasteiger partial charge in [-0.3, -0.25) is 0 Å². The average molecular weight is 563 g/mol. The predicted molar refractivity (Wildman–Crippen MR) is 179 cm³/mol. The molecule has 0 aromatic rings. The van der Waals surface area contributed by atoms with E-state index in [1.807, 2.05) is 6.08 Å². The van der Waals surface area contributed by atoms with E-state index in [0.717, 1.165) is 12.8 Å². The van der Waals surface area contributed by atoms with E-state index in [1.54, 1.807) is 6.08 Å². The summed E-state index contributed by atoms with van der Waals surface area (Å²) in [6, 6.07) is 0. The number of rotatable bonds is 34. The van der Waals surface area contributed by atoms with Crippen LogP contribution in [0.3, 0.4) is 0 Å². The Labute approximate surface area is 253 Å². The fraction of sp³-hybridized carbons (Fsp3) is 0.921. The van der Waals surface area contributed by atoms with Gasteiger partial charge in [0.05, 0.1) is 6.61 Å². The fourth-order valence-electron chi connectivity index (χ4n) is 5.68. The fourth-order valence-corrected chi connectivity index (χ4v) is 5.68. The van der Waals surface area contributed by atoms with Crippen LogP contribution in [0.5, 0.6) is 0 Å². The highest BCUT2D eigenvalue weighted by Crippen LogP contribution is 2.15. The zero-order valence-electron chi connectivity index (χ0n) is 27.8. The summed E-state index contributed by atoms with van der Waals surface area (Å²) in [7, 11) is 0. The van der Waals surface area contributed by atoms with Gasteiger partial charge in [0, 0.05) is 6.08 Å². The van der Waals surface area contributed by atoms with Crippen LogP contribution in [0.2, 0.25) is 0 Å². The number of allylic oxidation sites excluding steroid dienone is 1. The summed E-state index contributed by atoms with van der Waals surface area (Å²) in [6.45, 7) is 5.16. The summed E-state index contributed by atoms with van der Waals surface area (Å²) in [5, 5.41) is 0. The molecule has 0 spiro atoms. The first-order valence-electron chi connectivity index (χ1n) is 18.6. The summed E-state index contributed by atoms with van der Waals surface area (Å²) in [5.74, 6) is -0.151. The second-order valence-corrected chi connectivity index (χ2v) is 12.6. The highest BCUT2D eigenvalue weighted by atomic mass is 16.5. The van der Waals surface area contributed by atoms with Crippen molar-refractivity contribution in [2.45, 2.75) is 219 Å². The molecule has 0 atom stereocenters. The van der Waals surface area contributed by atoms with Crippen LogP contribution in [0.1, 0.15) is 219 Å². The molecule has 0 aliphatic heterocycles. The minimum Gasteiger partial charge on any atom is -0.463 e. The van der Waals surface area contributed by atoms with Crippen molar-refractivity contribution in [2.24, 2.45) is 0 Å². The van der Waals surface area contributed by atoms with Crippen molar-refractivity contribution in [2.75, 3.05) is 6.61 Å². The monoisotopic (exact) mass is 563 g/mol. The van der Waals surface area contributed by atoms with Gasteiger partial charge in [0.25, 0.3) is 0 Å². The number of ether oxygens (including phenoxy) is 1. The average Bonchev–Trinajstić information content (AvgIpc) is 2.96. The van der Waals surface area contributed by atoms with Gasteiger partial charge < -0.3 is 4.74 Å². The van der Waals surface area contributed by atoms with E-state index in [2.05, 4.69) is 13.8 Å². The van der Waals surface area contributed by atoms with Crippen LogP contribution in [-0.4, -0.2) is 12.6 Å². The van der Waals surface area contributed by atoms with Crippen LogP contribution in [0.25, 0.3) is 0 Å². The van der Waals surface area contributed by atoms with Gasteiger partial charge in [-0.2, -0.15) is 0 Å². The van der Waals surface area contributed by atoms with Crippen molar-refractivity contribution in [3.05, 3.63) is 12.2 Å². The number of carbonyl (C=O) groups excluding carboxylic acids is 1. The largest absolute Gasteiger partial charge is 0.463 e. The normalized spacial score (nSPS) is 11.6. The Hall–Kier alpha value is -0.790. The lowest BCUT2D eigenvalue weighted by molar-refractivity contribution is -0.137. The third-order valence-corrected chi connectivity index (χ3v) is 8.47. The van der Waals surface area contributed by atoms with Crippen molar-refractivity contribution >= 4 is 5.97 Å². The molecule has 0 aromatic heterocycles. The van der Waals surface area contributed by atoms with Gasteiger partial charge >= 0.3 is 5.97 Å². The molecule has 0 fully saturated rings. The molecule has 0 radical (unpaired) electrons. The summed E-state index contributed by atoms with van der Waals surface area (Å²) < 4.78 is 5.36. The standard InChI is InChI=1S/C38H74O2/c1-3-5-7-9-11-13-15-17-19-21-22-24-26-28-30-32-34-36-38(39)40-37-35-33-31-29-27-25-23-20-18-16-14-12-10-8-6-4-2/h34,36H,3-33,35,37H2,1-2H3. The van der Waals surface area contributed by atoms with Gasteiger partial charge in [-0.25, -0.2) is 4.79 Å². The van der Waals surface area contributed by atoms with E-state index in [4.69, 9.17) is 4.74 Å². The SMILES string of the molecule is CCCCCCCCCCCCCCCCCC=CC(=O)OCCCCCCCCCCCCCCCCCC. The van der Waals surface area contributed by atoms with Crippen molar-refractivity contribution in [3.8, 4) is 0 Å². The van der Waals surface area contributed by atoms with E-state index >= 15 is 0 Å². The molecule has 0 N–H and O–H groups in total. The first kappa shape index (κ1) is 39.2. The molecule has 0 heterocycles. The Morgan fingerprint density at radius 3 is 1.00 bits per heavy atom. The number of unbranched alkanes of at least 4 members (excludes halogenated alkanes) is 30. The van der Waals surface area contributed by atoms with E-state index in [9.17, 15) is 4.79 Å². The van der Waals surface area contributed by atoms with Crippen LogP contribution in [0.15, 0.2) is 12.2 Å². The van der Waals surface area contributed by atoms with Crippen LogP contribution >= 0.6 is 0 Å². The Bertz CT molecular complexity index is 498. The smallest absolute Gasteiger partial charge is 0.330 e. The molecule has 0 unspecified atom stereocenters. The second kappa shape index (κ2) is 36.2. The maximum atomic E-state index is 11.9. The van der Waals surface area contributed by atoms with Crippen molar-refractivity contribution in [1.29, 1.82) is 0 Å². The van der Waals surface area contributed by atoms with E-state index in [-0.39, 0.29) is 5.97 Å². The van der Waals surface area contributed by atoms with Gasteiger partial charge in [-0.15, -0.1) is 0 Å². The minimum absolute atomic E-state index is 0.151. The maximum Gasteiger partial charge on any atom is 0.330 e. The topological polar surface area (TPSA) is 26.3 Å². The van der Waals surface area contributed by atoms with Crippen LogP contribution in [0.4, 0.5) is 0 Å². The van der Waals surface area contributed by atoms with Gasteiger partial charge in [-0.05, 0) is 19.3 Å². The Morgan fingerprint density at radius 2 is 0.675 bits per heavy atom. The second-order valence-electron chi connectivity index (χ2n) is 12.6. The molecule has 0 amide bonds. The first-order valence-corrected chi connectivity index (χ1v) is 18.6. The van der Waals surface area contributed by atoms with Crippen LogP contribution < -0.4 is 0 Å². The number of esters is 1. The third kappa shape index (κ3) is 35.2. The highest BCUT2D eigenvalue weighted by Gasteiger charge is 1.98. The molecule has 0 saturated carbocycles.